The van der Waals surface area contributed by atoms with E-state index < -0.39 is 0 Å². The molecular weight excluding hydrogens is 314 g/mol. The second kappa shape index (κ2) is 5.52. The molecule has 2 aromatic rings. The van der Waals surface area contributed by atoms with Gasteiger partial charge in [0.05, 0.1) is 6.07 Å². The molecule has 0 aliphatic carbocycles. The van der Waals surface area contributed by atoms with Gasteiger partial charge in [-0.15, -0.1) is 0 Å². The first-order valence-electron chi connectivity index (χ1n) is 6.38. The van der Waals surface area contributed by atoms with Crippen molar-refractivity contribution in [3.8, 4) is 11.8 Å². The first kappa shape index (κ1) is 13.0. The molecule has 0 N–H and O–H groups in total. The van der Waals surface area contributed by atoms with Crippen molar-refractivity contribution in [2.75, 3.05) is 0 Å². The number of nitrogens with zero attached hydrogens (tertiary/aromatic N) is 1. The Kier molecular flexibility index (Phi) is 3.58. The molecule has 1 heterocycles. The number of hydrogen-bond acceptors (Lipinski definition) is 2. The highest BCUT2D eigenvalue weighted by molar-refractivity contribution is 9.10. The lowest BCUT2D eigenvalue weighted by molar-refractivity contribution is 0.202. The molecule has 3 heteroatoms. The molecule has 0 bridgehead atoms. The number of fused-ring (bicyclic) bond motifs is 1. The highest BCUT2D eigenvalue weighted by Gasteiger charge is 2.25. The van der Waals surface area contributed by atoms with E-state index in [1.807, 2.05) is 36.4 Å². The van der Waals surface area contributed by atoms with Crippen molar-refractivity contribution in [3.63, 3.8) is 0 Å². The van der Waals surface area contributed by atoms with Gasteiger partial charge >= 0.3 is 0 Å². The van der Waals surface area contributed by atoms with Crippen LogP contribution in [0.1, 0.15) is 23.7 Å². The summed E-state index contributed by atoms with van der Waals surface area (Å²) in [6, 6.07) is 18.1. The molecular formula is C17H12BrNO. The smallest absolute Gasteiger partial charge is 0.128 e. The summed E-state index contributed by atoms with van der Waals surface area (Å²) in [5.41, 5.74) is 3.14. The van der Waals surface area contributed by atoms with Crippen molar-refractivity contribution in [3.05, 3.63) is 70.2 Å². The van der Waals surface area contributed by atoms with E-state index in [0.29, 0.717) is 6.42 Å². The predicted octanol–water partition coefficient (Wildman–Crippen LogP) is 4.88. The maximum absolute atomic E-state index is 8.99. The minimum absolute atomic E-state index is 0.0375. The fourth-order valence-electron chi connectivity index (χ4n) is 2.43. The van der Waals surface area contributed by atoms with E-state index >= 15 is 0 Å². The molecule has 20 heavy (non-hydrogen) atoms. The molecule has 0 fully saturated rings. The molecule has 2 nitrogen and oxygen atoms in total. The van der Waals surface area contributed by atoms with Crippen molar-refractivity contribution in [2.45, 2.75) is 12.5 Å². The number of halogens is 1. The highest BCUT2D eigenvalue weighted by atomic mass is 79.9. The molecule has 1 aliphatic rings. The Labute approximate surface area is 126 Å². The average Bonchev–Trinajstić information content (AvgIpc) is 2.49. The molecule has 0 aromatic heterocycles. The summed E-state index contributed by atoms with van der Waals surface area (Å²) in [4.78, 5) is 0. The van der Waals surface area contributed by atoms with Gasteiger partial charge in [-0.3, -0.25) is 0 Å². The van der Waals surface area contributed by atoms with E-state index in [4.69, 9.17) is 10.00 Å². The molecule has 3 rings (SSSR count). The Bertz CT molecular complexity index is 701. The Balaban J connectivity index is 2.04. The number of benzene rings is 2. The van der Waals surface area contributed by atoms with Gasteiger partial charge in [0.25, 0.3) is 0 Å². The standard InChI is InChI=1S/C17H12BrNO/c18-14-6-7-16-15(11-14)13(8-9-19)10-17(20-16)12-4-2-1-3-5-12/h1-8,11,17H,10H2. The van der Waals surface area contributed by atoms with E-state index in [-0.39, 0.29) is 6.10 Å². The molecule has 0 saturated carbocycles. The van der Waals surface area contributed by atoms with Gasteiger partial charge in [-0.25, -0.2) is 0 Å². The lowest BCUT2D eigenvalue weighted by Crippen LogP contribution is -2.14. The van der Waals surface area contributed by atoms with Crippen LogP contribution in [0.2, 0.25) is 0 Å². The number of allylic oxidation sites excluding steroid dienone is 1. The van der Waals surface area contributed by atoms with Crippen LogP contribution in [0, 0.1) is 11.3 Å². The summed E-state index contributed by atoms with van der Waals surface area (Å²) in [5, 5.41) is 8.99. The summed E-state index contributed by atoms with van der Waals surface area (Å²) in [7, 11) is 0. The normalized spacial score (nSPS) is 19.0. The number of nitriles is 1. The van der Waals surface area contributed by atoms with Crippen LogP contribution in [0.5, 0.6) is 5.75 Å². The zero-order valence-corrected chi connectivity index (χ0v) is 12.3. The maximum atomic E-state index is 8.99. The van der Waals surface area contributed by atoms with E-state index in [1.165, 1.54) is 0 Å². The zero-order valence-electron chi connectivity index (χ0n) is 10.7. The van der Waals surface area contributed by atoms with Crippen molar-refractivity contribution in [1.29, 1.82) is 5.26 Å². The van der Waals surface area contributed by atoms with Crippen LogP contribution in [0.25, 0.3) is 5.57 Å². The Morgan fingerprint density at radius 1 is 1.20 bits per heavy atom. The quantitative estimate of drug-likeness (QED) is 0.700. The number of rotatable bonds is 1. The first-order valence-corrected chi connectivity index (χ1v) is 7.17. The van der Waals surface area contributed by atoms with Gasteiger partial charge in [0.15, 0.2) is 0 Å². The molecule has 98 valence electrons. The Hall–Kier alpha value is -2.05. The lowest BCUT2D eigenvalue weighted by atomic mass is 9.92. The number of ether oxygens (including phenoxy) is 1. The molecule has 0 radical (unpaired) electrons. The highest BCUT2D eigenvalue weighted by Crippen LogP contribution is 2.42. The molecule has 1 atom stereocenters. The van der Waals surface area contributed by atoms with Crippen LogP contribution < -0.4 is 4.74 Å². The van der Waals surface area contributed by atoms with Gasteiger partial charge in [0.2, 0.25) is 0 Å². The van der Waals surface area contributed by atoms with Crippen molar-refractivity contribution >= 4 is 21.5 Å². The minimum Gasteiger partial charge on any atom is -0.485 e. The summed E-state index contributed by atoms with van der Waals surface area (Å²) in [5.74, 6) is 0.829. The largest absolute Gasteiger partial charge is 0.485 e. The summed E-state index contributed by atoms with van der Waals surface area (Å²) in [6.45, 7) is 0. The van der Waals surface area contributed by atoms with E-state index in [1.54, 1.807) is 6.08 Å². The van der Waals surface area contributed by atoms with Crippen LogP contribution in [0.15, 0.2) is 59.1 Å². The fraction of sp³-hybridized carbons (Fsp3) is 0.118. The molecule has 1 unspecified atom stereocenters. The second-order valence-electron chi connectivity index (χ2n) is 4.66. The zero-order chi connectivity index (χ0) is 13.9. The van der Waals surface area contributed by atoms with Crippen LogP contribution in [-0.2, 0) is 0 Å². The van der Waals surface area contributed by atoms with Crippen molar-refractivity contribution in [1.82, 2.24) is 0 Å². The van der Waals surface area contributed by atoms with Gasteiger partial charge < -0.3 is 4.74 Å². The third-order valence-electron chi connectivity index (χ3n) is 3.37. The van der Waals surface area contributed by atoms with Crippen LogP contribution in [-0.4, -0.2) is 0 Å². The molecule has 0 amide bonds. The number of hydrogen-bond donors (Lipinski definition) is 0. The first-order chi connectivity index (χ1) is 9.78. The van der Waals surface area contributed by atoms with E-state index in [0.717, 1.165) is 26.9 Å². The predicted molar refractivity (Wildman–Crippen MR) is 82.2 cm³/mol. The van der Waals surface area contributed by atoms with Gasteiger partial charge in [-0.05, 0) is 29.3 Å². The second-order valence-corrected chi connectivity index (χ2v) is 5.58. The van der Waals surface area contributed by atoms with Gasteiger partial charge in [-0.2, -0.15) is 5.26 Å². The average molecular weight is 326 g/mol. The lowest BCUT2D eigenvalue weighted by Gasteiger charge is -2.28. The van der Waals surface area contributed by atoms with Gasteiger partial charge in [0.1, 0.15) is 11.9 Å². The van der Waals surface area contributed by atoms with Crippen LogP contribution in [0.3, 0.4) is 0 Å². The van der Waals surface area contributed by atoms with Crippen molar-refractivity contribution in [2.24, 2.45) is 0 Å². The molecule has 0 saturated heterocycles. The molecule has 1 aliphatic heterocycles. The van der Waals surface area contributed by atoms with E-state index in [2.05, 4.69) is 34.1 Å². The maximum Gasteiger partial charge on any atom is 0.128 e. The SMILES string of the molecule is N#CC=C1CC(c2ccccc2)Oc2ccc(Br)cc21. The minimum atomic E-state index is -0.0375. The Morgan fingerprint density at radius 2 is 2.00 bits per heavy atom. The van der Waals surface area contributed by atoms with Gasteiger partial charge in [-0.1, -0.05) is 46.3 Å². The third kappa shape index (κ3) is 2.48. The Morgan fingerprint density at radius 3 is 2.75 bits per heavy atom. The van der Waals surface area contributed by atoms with Gasteiger partial charge in [0, 0.05) is 22.5 Å². The molecule has 0 spiro atoms. The monoisotopic (exact) mass is 325 g/mol. The summed E-state index contributed by atoms with van der Waals surface area (Å²) < 4.78 is 7.07. The van der Waals surface area contributed by atoms with Crippen LogP contribution in [0.4, 0.5) is 0 Å². The summed E-state index contributed by atoms with van der Waals surface area (Å²) >= 11 is 3.46. The van der Waals surface area contributed by atoms with Crippen molar-refractivity contribution < 1.29 is 4.74 Å². The van der Waals surface area contributed by atoms with Crippen LogP contribution >= 0.6 is 15.9 Å². The van der Waals surface area contributed by atoms with E-state index in [9.17, 15) is 0 Å². The summed E-state index contributed by atoms with van der Waals surface area (Å²) in [6.07, 6.45) is 2.29. The third-order valence-corrected chi connectivity index (χ3v) is 3.87. The molecule has 2 aromatic carbocycles. The topological polar surface area (TPSA) is 33.0 Å². The fourth-order valence-corrected chi connectivity index (χ4v) is 2.79.